The zero-order chi connectivity index (χ0) is 24.0. The van der Waals surface area contributed by atoms with Gasteiger partial charge in [-0.15, -0.1) is 0 Å². The van der Waals surface area contributed by atoms with Gasteiger partial charge in [0.25, 0.3) is 5.91 Å². The Kier molecular flexibility index (Phi) is 7.97. The van der Waals surface area contributed by atoms with Gasteiger partial charge in [-0.2, -0.15) is 0 Å². The van der Waals surface area contributed by atoms with Crippen molar-refractivity contribution in [1.29, 1.82) is 0 Å². The van der Waals surface area contributed by atoms with Crippen molar-refractivity contribution in [2.24, 2.45) is 0 Å². The number of hydrogen-bond acceptors (Lipinski definition) is 5. The summed E-state index contributed by atoms with van der Waals surface area (Å²) in [5.74, 6) is -0.225. The summed E-state index contributed by atoms with van der Waals surface area (Å²) in [5.41, 5.74) is 1.02. The summed E-state index contributed by atoms with van der Waals surface area (Å²) in [7, 11) is -2.25. The number of ether oxygens (including phenoxy) is 1. The lowest BCUT2D eigenvalue weighted by Gasteiger charge is -2.28. The summed E-state index contributed by atoms with van der Waals surface area (Å²) < 4.78 is 31.2. The zero-order valence-corrected chi connectivity index (χ0v) is 20.0. The average Bonchev–Trinajstić information content (AvgIpc) is 2.79. The van der Waals surface area contributed by atoms with E-state index in [1.165, 1.54) is 20.5 Å². The van der Waals surface area contributed by atoms with Crippen LogP contribution in [0.3, 0.4) is 0 Å². The van der Waals surface area contributed by atoms with Crippen LogP contribution in [0.15, 0.2) is 48.5 Å². The predicted octanol–water partition coefficient (Wildman–Crippen LogP) is 3.55. The van der Waals surface area contributed by atoms with E-state index in [0.29, 0.717) is 22.7 Å². The van der Waals surface area contributed by atoms with Gasteiger partial charge in [0.05, 0.1) is 30.3 Å². The lowest BCUT2D eigenvalue weighted by Crippen LogP contribution is -2.45. The standard InChI is InChI=1S/C24H31N3O5S/c1-17(27(33(3,30)31)19-13-15-20(32-2)16-14-19)23(28)26-22-12-8-7-11-21(22)24(29)25-18-9-5-4-6-10-18/h7-8,11-18H,4-6,9-10H2,1-3H3,(H,25,29)(H,26,28)/t17-/m0/s1. The summed E-state index contributed by atoms with van der Waals surface area (Å²) in [5, 5.41) is 5.80. The molecule has 0 heterocycles. The van der Waals surface area contributed by atoms with Crippen molar-refractivity contribution in [3.05, 3.63) is 54.1 Å². The first-order chi connectivity index (χ1) is 15.7. The average molecular weight is 474 g/mol. The van der Waals surface area contributed by atoms with Crippen LogP contribution in [0.5, 0.6) is 5.75 Å². The van der Waals surface area contributed by atoms with E-state index in [4.69, 9.17) is 4.74 Å². The molecule has 9 heteroatoms. The Morgan fingerprint density at radius 3 is 2.27 bits per heavy atom. The van der Waals surface area contributed by atoms with E-state index in [1.807, 2.05) is 0 Å². The second kappa shape index (κ2) is 10.7. The molecule has 0 aliphatic heterocycles. The van der Waals surface area contributed by atoms with E-state index < -0.39 is 22.0 Å². The van der Waals surface area contributed by atoms with Crippen molar-refractivity contribution in [3.8, 4) is 5.75 Å². The molecule has 1 atom stereocenters. The Morgan fingerprint density at radius 1 is 1.03 bits per heavy atom. The summed E-state index contributed by atoms with van der Waals surface area (Å²) in [4.78, 5) is 26.0. The molecule has 0 unspecified atom stereocenters. The molecule has 2 aromatic carbocycles. The third-order valence-corrected chi connectivity index (χ3v) is 7.03. The van der Waals surface area contributed by atoms with Gasteiger partial charge < -0.3 is 15.4 Å². The first-order valence-corrected chi connectivity index (χ1v) is 12.9. The molecular formula is C24H31N3O5S. The number of carbonyl (C=O) groups is 2. The molecule has 0 saturated heterocycles. The number of benzene rings is 2. The normalized spacial score (nSPS) is 15.4. The van der Waals surface area contributed by atoms with Gasteiger partial charge >= 0.3 is 0 Å². The third-order valence-electron chi connectivity index (χ3n) is 5.79. The van der Waals surface area contributed by atoms with Gasteiger partial charge in [-0.1, -0.05) is 31.4 Å². The van der Waals surface area contributed by atoms with Crippen LogP contribution in [0.1, 0.15) is 49.4 Å². The van der Waals surface area contributed by atoms with Crippen LogP contribution in [0.25, 0.3) is 0 Å². The van der Waals surface area contributed by atoms with Gasteiger partial charge in [0.15, 0.2) is 0 Å². The smallest absolute Gasteiger partial charge is 0.253 e. The van der Waals surface area contributed by atoms with Crippen LogP contribution in [0.4, 0.5) is 11.4 Å². The molecule has 2 amide bonds. The van der Waals surface area contributed by atoms with Gasteiger partial charge in [-0.3, -0.25) is 13.9 Å². The molecule has 0 radical (unpaired) electrons. The SMILES string of the molecule is COc1ccc(N([C@@H](C)C(=O)Nc2ccccc2C(=O)NC2CCCCC2)S(C)(=O)=O)cc1. The number of hydrogen-bond donors (Lipinski definition) is 2. The van der Waals surface area contributed by atoms with E-state index in [1.54, 1.807) is 48.5 Å². The van der Waals surface area contributed by atoms with Crippen LogP contribution < -0.4 is 19.7 Å². The molecule has 33 heavy (non-hydrogen) atoms. The monoisotopic (exact) mass is 473 g/mol. The Labute approximate surface area is 195 Å². The van der Waals surface area contributed by atoms with Crippen LogP contribution in [-0.4, -0.2) is 45.7 Å². The molecule has 1 saturated carbocycles. The van der Waals surface area contributed by atoms with Crippen LogP contribution in [-0.2, 0) is 14.8 Å². The highest BCUT2D eigenvalue weighted by atomic mass is 32.2. The molecule has 2 N–H and O–H groups in total. The maximum atomic E-state index is 13.1. The largest absolute Gasteiger partial charge is 0.497 e. The van der Waals surface area contributed by atoms with Gasteiger partial charge in [0.2, 0.25) is 15.9 Å². The number of para-hydroxylation sites is 1. The Balaban J connectivity index is 1.79. The molecule has 0 spiro atoms. The molecule has 0 aromatic heterocycles. The second-order valence-corrected chi connectivity index (χ2v) is 10.1. The molecule has 1 fully saturated rings. The van der Waals surface area contributed by atoms with E-state index >= 15 is 0 Å². The van der Waals surface area contributed by atoms with Crippen molar-refractivity contribution in [3.63, 3.8) is 0 Å². The molecule has 0 bridgehead atoms. The highest BCUT2D eigenvalue weighted by Gasteiger charge is 2.30. The molecule has 8 nitrogen and oxygen atoms in total. The number of methoxy groups -OCH3 is 1. The van der Waals surface area contributed by atoms with Crippen molar-refractivity contribution < 1.29 is 22.7 Å². The highest BCUT2D eigenvalue weighted by molar-refractivity contribution is 7.92. The van der Waals surface area contributed by atoms with Crippen molar-refractivity contribution in [1.82, 2.24) is 5.32 Å². The quantitative estimate of drug-likeness (QED) is 0.610. The fraction of sp³-hybridized carbons (Fsp3) is 0.417. The number of amides is 2. The van der Waals surface area contributed by atoms with Gasteiger partial charge in [-0.25, -0.2) is 8.42 Å². The van der Waals surface area contributed by atoms with E-state index in [2.05, 4.69) is 10.6 Å². The Morgan fingerprint density at radius 2 is 1.67 bits per heavy atom. The third kappa shape index (κ3) is 6.25. The lowest BCUT2D eigenvalue weighted by molar-refractivity contribution is -0.116. The van der Waals surface area contributed by atoms with Crippen LogP contribution >= 0.6 is 0 Å². The van der Waals surface area contributed by atoms with Crippen LogP contribution in [0, 0.1) is 0 Å². The number of anilines is 2. The molecule has 178 valence electrons. The number of rotatable bonds is 8. The fourth-order valence-corrected chi connectivity index (χ4v) is 5.25. The zero-order valence-electron chi connectivity index (χ0n) is 19.2. The summed E-state index contributed by atoms with van der Waals surface area (Å²) in [6, 6.07) is 12.2. The van der Waals surface area contributed by atoms with Crippen molar-refractivity contribution in [2.75, 3.05) is 23.0 Å². The number of nitrogens with one attached hydrogen (secondary N) is 2. The summed E-state index contributed by atoms with van der Waals surface area (Å²) >= 11 is 0. The maximum absolute atomic E-state index is 13.1. The summed E-state index contributed by atoms with van der Waals surface area (Å²) in [6.45, 7) is 1.51. The molecule has 3 rings (SSSR count). The number of nitrogens with zero attached hydrogens (tertiary/aromatic N) is 1. The predicted molar refractivity (Wildman–Crippen MR) is 129 cm³/mol. The van der Waals surface area contributed by atoms with Gasteiger partial charge in [0, 0.05) is 6.04 Å². The van der Waals surface area contributed by atoms with E-state index in [0.717, 1.165) is 36.2 Å². The lowest BCUT2D eigenvalue weighted by atomic mass is 9.95. The molecular weight excluding hydrogens is 442 g/mol. The van der Waals surface area contributed by atoms with E-state index in [9.17, 15) is 18.0 Å². The van der Waals surface area contributed by atoms with E-state index in [-0.39, 0.29) is 11.9 Å². The fourth-order valence-electron chi connectivity index (χ4n) is 4.08. The maximum Gasteiger partial charge on any atom is 0.253 e. The minimum atomic E-state index is -3.77. The number of sulfonamides is 1. The minimum absolute atomic E-state index is 0.129. The molecule has 1 aliphatic carbocycles. The topological polar surface area (TPSA) is 105 Å². The molecule has 2 aromatic rings. The number of carbonyl (C=O) groups excluding carboxylic acids is 2. The molecule has 1 aliphatic rings. The Bertz CT molecular complexity index is 1080. The van der Waals surface area contributed by atoms with Crippen molar-refractivity contribution >= 4 is 33.2 Å². The first-order valence-electron chi connectivity index (χ1n) is 11.0. The Hall–Kier alpha value is -3.07. The minimum Gasteiger partial charge on any atom is -0.497 e. The first kappa shape index (κ1) is 24.6. The second-order valence-electron chi connectivity index (χ2n) is 8.28. The van der Waals surface area contributed by atoms with Gasteiger partial charge in [-0.05, 0) is 56.2 Å². The summed E-state index contributed by atoms with van der Waals surface area (Å²) in [6.07, 6.45) is 6.31. The highest BCUT2D eigenvalue weighted by Crippen LogP contribution is 2.25. The van der Waals surface area contributed by atoms with Crippen LogP contribution in [0.2, 0.25) is 0 Å². The van der Waals surface area contributed by atoms with Crippen molar-refractivity contribution in [2.45, 2.75) is 51.1 Å². The van der Waals surface area contributed by atoms with Gasteiger partial charge in [0.1, 0.15) is 11.8 Å².